The van der Waals surface area contributed by atoms with Crippen molar-refractivity contribution in [1.82, 2.24) is 0 Å². The van der Waals surface area contributed by atoms with Crippen molar-refractivity contribution in [2.24, 2.45) is 0 Å². The quantitative estimate of drug-likeness (QED) is 0.169. The van der Waals surface area contributed by atoms with Crippen LogP contribution >= 0.6 is 0 Å². The maximum Gasteiger partial charge on any atom is -0.00199 e. The molecule has 0 fully saturated rings. The molecule has 10 aromatic carbocycles. The lowest BCUT2D eigenvalue weighted by Crippen LogP contribution is -1.94. The van der Waals surface area contributed by atoms with Crippen molar-refractivity contribution >= 4 is 53.9 Å². The zero-order valence-corrected chi connectivity index (χ0v) is 27.5. The van der Waals surface area contributed by atoms with Crippen LogP contribution < -0.4 is 0 Å². The third-order valence-electron chi connectivity index (χ3n) is 10.5. The molecule has 0 aromatic heterocycles. The van der Waals surface area contributed by atoms with E-state index in [-0.39, 0.29) is 0 Å². The first-order chi connectivity index (χ1) is 24.8. The first-order valence-corrected chi connectivity index (χ1v) is 17.4. The summed E-state index contributed by atoms with van der Waals surface area (Å²) >= 11 is 0. The number of hydrogen-bond donors (Lipinski definition) is 0. The Bertz CT molecular complexity index is 2910. The topological polar surface area (TPSA) is 0 Å². The predicted octanol–water partition coefficient (Wildman–Crippen LogP) is 14.1. The molecule has 10 aromatic rings. The van der Waals surface area contributed by atoms with Crippen molar-refractivity contribution in [1.29, 1.82) is 0 Å². The molecule has 0 nitrogen and oxygen atoms in total. The van der Waals surface area contributed by atoms with Gasteiger partial charge < -0.3 is 0 Å². The molecule has 0 bridgehead atoms. The van der Waals surface area contributed by atoms with E-state index < -0.39 is 0 Å². The zero-order valence-electron chi connectivity index (χ0n) is 27.5. The van der Waals surface area contributed by atoms with Crippen LogP contribution in [0.3, 0.4) is 0 Å². The van der Waals surface area contributed by atoms with Gasteiger partial charge in [-0.1, -0.05) is 188 Å². The third kappa shape index (κ3) is 4.46. The van der Waals surface area contributed by atoms with Gasteiger partial charge in [0.25, 0.3) is 0 Å². The molecule has 50 heavy (non-hydrogen) atoms. The minimum atomic E-state index is 1.22. The van der Waals surface area contributed by atoms with Crippen LogP contribution in [0.1, 0.15) is 0 Å². The molecule has 0 atom stereocenters. The maximum absolute atomic E-state index is 2.45. The fourth-order valence-electron chi connectivity index (χ4n) is 8.24. The monoisotopic (exact) mass is 632 g/mol. The lowest BCUT2D eigenvalue weighted by molar-refractivity contribution is 1.63. The lowest BCUT2D eigenvalue weighted by Gasteiger charge is -2.21. The van der Waals surface area contributed by atoms with Gasteiger partial charge in [0.15, 0.2) is 0 Å². The first kappa shape index (κ1) is 28.5. The van der Waals surface area contributed by atoms with Gasteiger partial charge in [-0.3, -0.25) is 0 Å². The largest absolute Gasteiger partial charge is 0.0616 e. The highest BCUT2D eigenvalue weighted by Crippen LogP contribution is 2.49. The Hall–Kier alpha value is -6.50. The van der Waals surface area contributed by atoms with E-state index in [0.717, 1.165) is 0 Å². The molecule has 10 rings (SSSR count). The fourth-order valence-corrected chi connectivity index (χ4v) is 8.24. The van der Waals surface area contributed by atoms with Crippen LogP contribution in [0.25, 0.3) is 98.4 Å². The minimum absolute atomic E-state index is 1.22. The maximum atomic E-state index is 2.45. The second-order valence-corrected chi connectivity index (χ2v) is 13.2. The van der Waals surface area contributed by atoms with Crippen LogP contribution in [0.4, 0.5) is 0 Å². The van der Waals surface area contributed by atoms with Crippen molar-refractivity contribution in [2.75, 3.05) is 0 Å². The Labute approximate surface area is 291 Å². The fraction of sp³-hybridized carbons (Fsp3) is 0. The Morgan fingerprint density at radius 2 is 0.580 bits per heavy atom. The lowest BCUT2D eigenvalue weighted by atomic mass is 9.81. The van der Waals surface area contributed by atoms with Crippen molar-refractivity contribution in [3.63, 3.8) is 0 Å². The van der Waals surface area contributed by atoms with E-state index in [0.29, 0.717) is 0 Å². The SMILES string of the molecule is c1ccc(-c2c3ccccc3c(-c3cccc4ccccc34)c3cc(-c4cccc5ccccc45)ccc23)c(-c2cccc3ccccc23)c1. The summed E-state index contributed by atoms with van der Waals surface area (Å²) in [4.78, 5) is 0. The highest BCUT2D eigenvalue weighted by atomic mass is 14.2. The average Bonchev–Trinajstić information content (AvgIpc) is 3.19. The van der Waals surface area contributed by atoms with E-state index >= 15 is 0 Å². The van der Waals surface area contributed by atoms with Crippen LogP contribution in [-0.4, -0.2) is 0 Å². The second kappa shape index (κ2) is 11.6. The molecule has 0 spiro atoms. The van der Waals surface area contributed by atoms with Gasteiger partial charge in [0.05, 0.1) is 0 Å². The van der Waals surface area contributed by atoms with Gasteiger partial charge in [-0.15, -0.1) is 0 Å². The smallest absolute Gasteiger partial charge is 0.00199 e. The van der Waals surface area contributed by atoms with Crippen LogP contribution in [0, 0.1) is 0 Å². The highest BCUT2D eigenvalue weighted by molar-refractivity contribution is 6.25. The van der Waals surface area contributed by atoms with Crippen molar-refractivity contribution < 1.29 is 0 Å². The molecule has 0 aliphatic carbocycles. The summed E-state index contributed by atoms with van der Waals surface area (Å²) in [5.41, 5.74) is 10.0. The van der Waals surface area contributed by atoms with Crippen LogP contribution in [0.15, 0.2) is 194 Å². The standard InChI is InChI=1S/C50H32/c1-4-20-37-33(14-1)17-11-27-40(37)36-30-31-47-48(32-36)50(43-29-13-19-35-16-3-6-22-39(35)43)46-26-10-9-25-45(46)49(47)44-24-8-7-23-42(44)41-28-12-18-34-15-2-5-21-38(34)41/h1-32H. The van der Waals surface area contributed by atoms with E-state index in [9.17, 15) is 0 Å². The summed E-state index contributed by atoms with van der Waals surface area (Å²) in [6.07, 6.45) is 0. The van der Waals surface area contributed by atoms with E-state index in [1.165, 1.54) is 98.4 Å². The minimum Gasteiger partial charge on any atom is -0.0616 e. The van der Waals surface area contributed by atoms with Gasteiger partial charge in [0.2, 0.25) is 0 Å². The Kier molecular flexibility index (Phi) is 6.60. The summed E-state index contributed by atoms with van der Waals surface area (Å²) < 4.78 is 0. The first-order valence-electron chi connectivity index (χ1n) is 17.4. The average molecular weight is 633 g/mol. The van der Waals surface area contributed by atoms with E-state index in [4.69, 9.17) is 0 Å². The van der Waals surface area contributed by atoms with Gasteiger partial charge in [0, 0.05) is 0 Å². The third-order valence-corrected chi connectivity index (χ3v) is 10.5. The van der Waals surface area contributed by atoms with Gasteiger partial charge in [-0.2, -0.15) is 0 Å². The van der Waals surface area contributed by atoms with Crippen molar-refractivity contribution in [3.8, 4) is 44.5 Å². The number of benzene rings is 10. The second-order valence-electron chi connectivity index (χ2n) is 13.2. The van der Waals surface area contributed by atoms with Crippen LogP contribution in [0.2, 0.25) is 0 Å². The molecule has 0 saturated heterocycles. The molecule has 0 aliphatic heterocycles. The number of hydrogen-bond acceptors (Lipinski definition) is 0. The predicted molar refractivity (Wildman–Crippen MR) is 216 cm³/mol. The number of fused-ring (bicyclic) bond motifs is 5. The molecular formula is C50H32. The van der Waals surface area contributed by atoms with Gasteiger partial charge in [-0.05, 0) is 104 Å². The molecule has 0 saturated carbocycles. The highest BCUT2D eigenvalue weighted by Gasteiger charge is 2.21. The molecule has 0 amide bonds. The molecule has 0 heteroatoms. The van der Waals surface area contributed by atoms with Crippen molar-refractivity contribution in [2.45, 2.75) is 0 Å². The van der Waals surface area contributed by atoms with Gasteiger partial charge in [-0.25, -0.2) is 0 Å². The molecular weight excluding hydrogens is 601 g/mol. The van der Waals surface area contributed by atoms with E-state index in [2.05, 4.69) is 194 Å². The van der Waals surface area contributed by atoms with Crippen molar-refractivity contribution in [3.05, 3.63) is 194 Å². The van der Waals surface area contributed by atoms with E-state index in [1.54, 1.807) is 0 Å². The summed E-state index contributed by atoms with van der Waals surface area (Å²) in [6, 6.07) is 71.4. The molecule has 0 aliphatic rings. The van der Waals surface area contributed by atoms with E-state index in [1.807, 2.05) is 0 Å². The zero-order chi connectivity index (χ0) is 33.0. The molecule has 0 N–H and O–H groups in total. The summed E-state index contributed by atoms with van der Waals surface area (Å²) in [5, 5.41) is 12.6. The normalized spacial score (nSPS) is 11.6. The van der Waals surface area contributed by atoms with Crippen LogP contribution in [0.5, 0.6) is 0 Å². The summed E-state index contributed by atoms with van der Waals surface area (Å²) in [5.74, 6) is 0. The summed E-state index contributed by atoms with van der Waals surface area (Å²) in [7, 11) is 0. The van der Waals surface area contributed by atoms with Crippen LogP contribution in [-0.2, 0) is 0 Å². The Balaban J connectivity index is 1.36. The summed E-state index contributed by atoms with van der Waals surface area (Å²) in [6.45, 7) is 0. The molecule has 0 heterocycles. The van der Waals surface area contributed by atoms with Gasteiger partial charge in [0.1, 0.15) is 0 Å². The van der Waals surface area contributed by atoms with Gasteiger partial charge >= 0.3 is 0 Å². The Morgan fingerprint density at radius 1 is 0.200 bits per heavy atom. The molecule has 0 unspecified atom stereocenters. The number of rotatable bonds is 4. The Morgan fingerprint density at radius 3 is 1.20 bits per heavy atom. The molecule has 0 radical (unpaired) electrons. The molecule has 232 valence electrons.